The third-order valence-corrected chi connectivity index (χ3v) is 5.51. The van der Waals surface area contributed by atoms with E-state index in [0.717, 1.165) is 36.1 Å². The molecule has 4 rings (SSSR count). The molecule has 0 unspecified atom stereocenters. The lowest BCUT2D eigenvalue weighted by molar-refractivity contribution is -0.150. The van der Waals surface area contributed by atoms with Gasteiger partial charge in [-0.2, -0.15) is 0 Å². The van der Waals surface area contributed by atoms with Gasteiger partial charge in [-0.15, -0.1) is 0 Å². The van der Waals surface area contributed by atoms with Gasteiger partial charge in [0.15, 0.2) is 0 Å². The van der Waals surface area contributed by atoms with E-state index in [1.54, 1.807) is 0 Å². The van der Waals surface area contributed by atoms with Crippen molar-refractivity contribution in [2.24, 2.45) is 5.41 Å². The number of hydrogen-bond acceptors (Lipinski definition) is 2. The molecule has 2 aliphatic rings. The lowest BCUT2D eigenvalue weighted by Crippen LogP contribution is -2.36. The first kappa shape index (κ1) is 15.9. The fourth-order valence-corrected chi connectivity index (χ4v) is 4.21. The first-order valence-electron chi connectivity index (χ1n) is 8.78. The van der Waals surface area contributed by atoms with Gasteiger partial charge in [-0.3, -0.25) is 9.59 Å². The van der Waals surface area contributed by atoms with Crippen molar-refractivity contribution in [1.82, 2.24) is 0 Å². The van der Waals surface area contributed by atoms with Crippen LogP contribution in [0, 0.1) is 5.41 Å². The van der Waals surface area contributed by atoms with Gasteiger partial charge in [0, 0.05) is 12.1 Å². The van der Waals surface area contributed by atoms with Gasteiger partial charge in [0.1, 0.15) is 0 Å². The molecule has 2 aromatic carbocycles. The zero-order valence-electron chi connectivity index (χ0n) is 14.0. The van der Waals surface area contributed by atoms with Crippen LogP contribution in [0.3, 0.4) is 0 Å². The Labute approximate surface area is 146 Å². The monoisotopic (exact) mass is 335 g/mol. The van der Waals surface area contributed by atoms with Gasteiger partial charge in [0.2, 0.25) is 5.91 Å². The molecular weight excluding hydrogens is 314 g/mol. The minimum Gasteiger partial charge on any atom is -0.481 e. The number of carboxylic acid groups (broad SMARTS) is 1. The van der Waals surface area contributed by atoms with E-state index < -0.39 is 11.4 Å². The molecule has 128 valence electrons. The van der Waals surface area contributed by atoms with E-state index in [9.17, 15) is 14.7 Å². The van der Waals surface area contributed by atoms with Crippen LogP contribution in [0.25, 0.3) is 0 Å². The van der Waals surface area contributed by atoms with Crippen LogP contribution in [0.1, 0.15) is 35.1 Å². The zero-order valence-corrected chi connectivity index (χ0v) is 14.0. The Kier molecular flexibility index (Phi) is 3.83. The molecule has 0 atom stereocenters. The number of fused-ring (bicyclic) bond motifs is 2. The number of benzene rings is 2. The summed E-state index contributed by atoms with van der Waals surface area (Å²) in [5.74, 6) is -1.12. The molecule has 4 nitrogen and oxygen atoms in total. The third kappa shape index (κ3) is 2.93. The first-order chi connectivity index (χ1) is 12.1. The Morgan fingerprint density at radius 1 is 0.960 bits per heavy atom. The van der Waals surface area contributed by atoms with Crippen molar-refractivity contribution in [2.45, 2.75) is 38.5 Å². The van der Waals surface area contributed by atoms with Crippen LogP contribution >= 0.6 is 0 Å². The normalized spacial score (nSPS) is 17.0. The maximum absolute atomic E-state index is 12.6. The van der Waals surface area contributed by atoms with E-state index in [0.29, 0.717) is 12.8 Å². The van der Waals surface area contributed by atoms with Crippen molar-refractivity contribution < 1.29 is 14.7 Å². The summed E-state index contributed by atoms with van der Waals surface area (Å²) >= 11 is 0. The molecule has 4 heteroatoms. The van der Waals surface area contributed by atoms with Crippen LogP contribution in [-0.4, -0.2) is 17.0 Å². The minimum absolute atomic E-state index is 0.00586. The number of anilines is 1. The number of carboxylic acids is 1. The zero-order chi connectivity index (χ0) is 17.4. The predicted molar refractivity (Wildman–Crippen MR) is 95.6 cm³/mol. The molecule has 0 saturated heterocycles. The lowest BCUT2D eigenvalue weighted by atomic mass is 9.81. The van der Waals surface area contributed by atoms with Gasteiger partial charge >= 0.3 is 5.97 Å². The van der Waals surface area contributed by atoms with Gasteiger partial charge in [0.25, 0.3) is 0 Å². The molecule has 0 radical (unpaired) electrons. The van der Waals surface area contributed by atoms with E-state index in [1.165, 1.54) is 11.1 Å². The molecule has 0 saturated carbocycles. The van der Waals surface area contributed by atoms with Gasteiger partial charge in [0.05, 0.1) is 5.41 Å². The van der Waals surface area contributed by atoms with Gasteiger partial charge in [-0.25, -0.2) is 0 Å². The van der Waals surface area contributed by atoms with Crippen LogP contribution in [0.5, 0.6) is 0 Å². The second kappa shape index (κ2) is 6.03. The average molecular weight is 335 g/mol. The molecule has 0 aromatic heterocycles. The van der Waals surface area contributed by atoms with Crippen LogP contribution in [-0.2, 0) is 35.3 Å². The van der Waals surface area contributed by atoms with Crippen molar-refractivity contribution in [3.63, 3.8) is 0 Å². The summed E-state index contributed by atoms with van der Waals surface area (Å²) in [4.78, 5) is 24.5. The fourth-order valence-electron chi connectivity index (χ4n) is 4.21. The summed E-state index contributed by atoms with van der Waals surface area (Å²) in [6, 6.07) is 13.8. The Morgan fingerprint density at radius 3 is 2.32 bits per heavy atom. The predicted octanol–water partition coefficient (Wildman–Crippen LogP) is 3.37. The highest BCUT2D eigenvalue weighted by atomic mass is 16.4. The molecule has 2 aromatic rings. The highest BCUT2D eigenvalue weighted by Gasteiger charge is 2.45. The Bertz CT molecular complexity index is 831. The highest BCUT2D eigenvalue weighted by molar-refractivity contribution is 5.95. The smallest absolute Gasteiger partial charge is 0.310 e. The molecular formula is C21H21NO3. The Balaban J connectivity index is 1.50. The number of aliphatic carboxylic acids is 1. The molecule has 2 N–H and O–H groups in total. The fraction of sp³-hybridized carbons (Fsp3) is 0.333. The first-order valence-corrected chi connectivity index (χ1v) is 8.78. The molecule has 0 aliphatic heterocycles. The Hall–Kier alpha value is -2.62. The number of carbonyl (C=O) groups is 2. The summed E-state index contributed by atoms with van der Waals surface area (Å²) in [5.41, 5.74) is 4.45. The van der Waals surface area contributed by atoms with Gasteiger partial charge in [-0.05, 0) is 66.5 Å². The quantitative estimate of drug-likeness (QED) is 0.900. The number of hydrogen-bond donors (Lipinski definition) is 2. The summed E-state index contributed by atoms with van der Waals surface area (Å²) < 4.78 is 0. The van der Waals surface area contributed by atoms with Gasteiger partial charge in [-0.1, -0.05) is 30.3 Å². The number of rotatable bonds is 4. The molecule has 25 heavy (non-hydrogen) atoms. The highest BCUT2D eigenvalue weighted by Crippen LogP contribution is 2.40. The molecule has 0 bridgehead atoms. The molecule has 0 spiro atoms. The maximum atomic E-state index is 12.6. The molecule has 0 fully saturated rings. The second-order valence-corrected chi connectivity index (χ2v) is 7.27. The maximum Gasteiger partial charge on any atom is 0.310 e. The van der Waals surface area contributed by atoms with Crippen molar-refractivity contribution in [3.05, 3.63) is 64.7 Å². The molecule has 2 aliphatic carbocycles. The summed E-state index contributed by atoms with van der Waals surface area (Å²) in [6.45, 7) is 0. The van der Waals surface area contributed by atoms with E-state index in [1.807, 2.05) is 36.4 Å². The number of nitrogens with one attached hydrogen (secondary N) is 1. The number of carbonyl (C=O) groups excluding carboxylic acids is 1. The molecule has 1 amide bonds. The molecule has 0 heterocycles. The third-order valence-electron chi connectivity index (χ3n) is 5.51. The summed E-state index contributed by atoms with van der Waals surface area (Å²) in [7, 11) is 0. The standard InChI is InChI=1S/C21H21NO3/c23-19(22-18-9-8-14-6-3-7-15(14)10-18)13-21(20(24)25)11-16-4-1-2-5-17(16)12-21/h1-2,4-5,8-10H,3,6-7,11-13H2,(H,22,23)(H,24,25). The van der Waals surface area contributed by atoms with E-state index >= 15 is 0 Å². The van der Waals surface area contributed by atoms with E-state index in [2.05, 4.69) is 11.4 Å². The Morgan fingerprint density at radius 2 is 1.64 bits per heavy atom. The van der Waals surface area contributed by atoms with Crippen LogP contribution < -0.4 is 5.32 Å². The van der Waals surface area contributed by atoms with E-state index in [-0.39, 0.29) is 12.3 Å². The second-order valence-electron chi connectivity index (χ2n) is 7.27. The lowest BCUT2D eigenvalue weighted by Gasteiger charge is -2.23. The largest absolute Gasteiger partial charge is 0.481 e. The topological polar surface area (TPSA) is 66.4 Å². The summed E-state index contributed by atoms with van der Waals surface area (Å²) in [5, 5.41) is 12.7. The average Bonchev–Trinajstić information content (AvgIpc) is 3.18. The van der Waals surface area contributed by atoms with Crippen LogP contribution in [0.15, 0.2) is 42.5 Å². The SMILES string of the molecule is O=C(CC1(C(=O)O)Cc2ccccc2C1)Nc1ccc2c(c1)CCC2. The minimum atomic E-state index is -1.04. The van der Waals surface area contributed by atoms with Gasteiger partial charge < -0.3 is 10.4 Å². The van der Waals surface area contributed by atoms with Crippen molar-refractivity contribution in [3.8, 4) is 0 Å². The van der Waals surface area contributed by atoms with Crippen molar-refractivity contribution in [2.75, 3.05) is 5.32 Å². The van der Waals surface area contributed by atoms with Crippen LogP contribution in [0.2, 0.25) is 0 Å². The number of aryl methyl sites for hydroxylation is 2. The van der Waals surface area contributed by atoms with Crippen molar-refractivity contribution >= 4 is 17.6 Å². The van der Waals surface area contributed by atoms with Crippen molar-refractivity contribution in [1.29, 1.82) is 0 Å². The number of amides is 1. The van der Waals surface area contributed by atoms with Crippen LogP contribution in [0.4, 0.5) is 5.69 Å². The van der Waals surface area contributed by atoms with E-state index in [4.69, 9.17) is 0 Å². The summed E-state index contributed by atoms with van der Waals surface area (Å²) in [6.07, 6.45) is 4.13.